The van der Waals surface area contributed by atoms with Gasteiger partial charge in [-0.05, 0) is 60.5 Å². The Kier molecular flexibility index (Phi) is 6.78. The van der Waals surface area contributed by atoms with Crippen LogP contribution >= 0.6 is 0 Å². The molecule has 3 aromatic carbocycles. The Morgan fingerprint density at radius 1 is 0.889 bits per heavy atom. The monoisotopic (exact) mass is 487 g/mol. The maximum Gasteiger partial charge on any atom is 0.308 e. The van der Waals surface area contributed by atoms with Gasteiger partial charge < -0.3 is 19.3 Å². The first kappa shape index (κ1) is 24.5. The number of aliphatic hydroxyl groups is 1. The van der Waals surface area contributed by atoms with Crippen LogP contribution in [0.4, 0.5) is 5.69 Å². The van der Waals surface area contributed by atoms with Crippen LogP contribution in [0, 0.1) is 6.92 Å². The van der Waals surface area contributed by atoms with Crippen LogP contribution in [0.25, 0.3) is 5.76 Å². The molecule has 1 saturated heterocycles. The predicted octanol–water partition coefficient (Wildman–Crippen LogP) is 4.56. The Balaban J connectivity index is 1.92. The lowest BCUT2D eigenvalue weighted by Gasteiger charge is -2.26. The number of amides is 1. The van der Waals surface area contributed by atoms with E-state index in [1.54, 1.807) is 73.7 Å². The van der Waals surface area contributed by atoms with Crippen LogP contribution in [0.5, 0.6) is 17.2 Å². The number of hydrogen-bond acceptors (Lipinski definition) is 7. The van der Waals surface area contributed by atoms with Gasteiger partial charge in [-0.2, -0.15) is 0 Å². The second-order valence-electron chi connectivity index (χ2n) is 8.21. The summed E-state index contributed by atoms with van der Waals surface area (Å²) in [5, 5.41) is 11.4. The molecular formula is C28H25NO7. The minimum absolute atomic E-state index is 0.0590. The Labute approximate surface area is 208 Å². The molecule has 1 aliphatic heterocycles. The van der Waals surface area contributed by atoms with Crippen molar-refractivity contribution in [2.45, 2.75) is 19.9 Å². The third-order valence-corrected chi connectivity index (χ3v) is 5.92. The highest BCUT2D eigenvalue weighted by Gasteiger charge is 2.47. The molecule has 1 atom stereocenters. The number of anilines is 1. The smallest absolute Gasteiger partial charge is 0.308 e. The number of esters is 1. The predicted molar refractivity (Wildman–Crippen MR) is 133 cm³/mol. The van der Waals surface area contributed by atoms with Gasteiger partial charge in [-0.1, -0.05) is 18.2 Å². The summed E-state index contributed by atoms with van der Waals surface area (Å²) in [5.41, 5.74) is 1.98. The maximum absolute atomic E-state index is 13.4. The van der Waals surface area contributed by atoms with Crippen LogP contribution in [0.2, 0.25) is 0 Å². The normalized spacial score (nSPS) is 16.7. The van der Waals surface area contributed by atoms with Crippen molar-refractivity contribution in [2.24, 2.45) is 0 Å². The van der Waals surface area contributed by atoms with E-state index in [0.717, 1.165) is 0 Å². The fraction of sp³-hybridized carbons (Fsp3) is 0.179. The molecule has 184 valence electrons. The van der Waals surface area contributed by atoms with E-state index in [9.17, 15) is 19.5 Å². The van der Waals surface area contributed by atoms with Crippen LogP contribution in [0.15, 0.2) is 72.3 Å². The van der Waals surface area contributed by atoms with E-state index in [0.29, 0.717) is 39.6 Å². The highest BCUT2D eigenvalue weighted by molar-refractivity contribution is 6.51. The Morgan fingerprint density at radius 2 is 1.53 bits per heavy atom. The van der Waals surface area contributed by atoms with E-state index in [-0.39, 0.29) is 11.3 Å². The van der Waals surface area contributed by atoms with E-state index in [1.807, 2.05) is 0 Å². The minimum Gasteiger partial charge on any atom is -0.507 e. The highest BCUT2D eigenvalue weighted by atomic mass is 16.5. The summed E-state index contributed by atoms with van der Waals surface area (Å²) in [4.78, 5) is 39.4. The SMILES string of the molecule is COc1cccc(N2C(=O)C(=O)/C(=C(\O)c3ccc(OC)cc3C)C2c2ccc(OC(C)=O)cc2)c1. The van der Waals surface area contributed by atoms with Gasteiger partial charge in [0.25, 0.3) is 11.7 Å². The Morgan fingerprint density at radius 3 is 2.14 bits per heavy atom. The van der Waals surface area contributed by atoms with Crippen molar-refractivity contribution < 1.29 is 33.7 Å². The second kappa shape index (κ2) is 9.95. The van der Waals surface area contributed by atoms with Crippen molar-refractivity contribution in [3.8, 4) is 17.2 Å². The third-order valence-electron chi connectivity index (χ3n) is 5.92. The molecule has 36 heavy (non-hydrogen) atoms. The molecule has 0 saturated carbocycles. The molecule has 8 heteroatoms. The van der Waals surface area contributed by atoms with Crippen molar-refractivity contribution in [2.75, 3.05) is 19.1 Å². The standard InChI is InChI=1S/C28H25NO7/c1-16-14-22(35-4)12-13-23(16)26(31)24-25(18-8-10-20(11-9-18)36-17(2)30)29(28(33)27(24)32)19-6-5-7-21(15-19)34-3/h5-15,25,31H,1-4H3/b26-24-. The lowest BCUT2D eigenvalue weighted by atomic mass is 9.93. The van der Waals surface area contributed by atoms with E-state index in [1.165, 1.54) is 26.0 Å². The molecule has 1 N–H and O–H groups in total. The highest BCUT2D eigenvalue weighted by Crippen LogP contribution is 2.43. The number of aryl methyl sites for hydroxylation is 1. The number of rotatable bonds is 6. The molecule has 1 aliphatic rings. The van der Waals surface area contributed by atoms with Crippen molar-refractivity contribution >= 4 is 29.1 Å². The van der Waals surface area contributed by atoms with E-state index < -0.39 is 23.7 Å². The second-order valence-corrected chi connectivity index (χ2v) is 8.21. The van der Waals surface area contributed by atoms with Gasteiger partial charge >= 0.3 is 5.97 Å². The largest absolute Gasteiger partial charge is 0.507 e. The molecule has 0 radical (unpaired) electrons. The zero-order valence-corrected chi connectivity index (χ0v) is 20.3. The molecular weight excluding hydrogens is 462 g/mol. The lowest BCUT2D eigenvalue weighted by Crippen LogP contribution is -2.29. The van der Waals surface area contributed by atoms with Gasteiger partial charge in [0.1, 0.15) is 23.0 Å². The molecule has 1 unspecified atom stereocenters. The summed E-state index contributed by atoms with van der Waals surface area (Å²) in [6.45, 7) is 3.07. The van der Waals surface area contributed by atoms with Gasteiger partial charge in [-0.3, -0.25) is 19.3 Å². The van der Waals surface area contributed by atoms with Crippen LogP contribution in [-0.2, 0) is 14.4 Å². The van der Waals surface area contributed by atoms with Crippen molar-refractivity contribution in [1.29, 1.82) is 0 Å². The number of benzene rings is 3. The Bertz CT molecular complexity index is 1370. The fourth-order valence-electron chi connectivity index (χ4n) is 4.23. The topological polar surface area (TPSA) is 102 Å². The fourth-order valence-corrected chi connectivity index (χ4v) is 4.23. The number of hydrogen-bond donors (Lipinski definition) is 1. The zero-order chi connectivity index (χ0) is 26.0. The number of methoxy groups -OCH3 is 2. The van der Waals surface area contributed by atoms with Crippen LogP contribution < -0.4 is 19.1 Å². The van der Waals surface area contributed by atoms with Crippen LogP contribution in [0.3, 0.4) is 0 Å². The number of nitrogens with zero attached hydrogens (tertiary/aromatic N) is 1. The average Bonchev–Trinajstić information content (AvgIpc) is 3.14. The maximum atomic E-state index is 13.4. The number of carbonyl (C=O) groups excluding carboxylic acids is 3. The van der Waals surface area contributed by atoms with Gasteiger partial charge in [0, 0.05) is 24.2 Å². The molecule has 1 heterocycles. The van der Waals surface area contributed by atoms with E-state index in [4.69, 9.17) is 14.2 Å². The average molecular weight is 488 g/mol. The molecule has 0 bridgehead atoms. The molecule has 1 fully saturated rings. The van der Waals surface area contributed by atoms with Crippen LogP contribution in [0.1, 0.15) is 29.7 Å². The van der Waals surface area contributed by atoms with Gasteiger partial charge in [0.15, 0.2) is 0 Å². The van der Waals surface area contributed by atoms with E-state index >= 15 is 0 Å². The number of aliphatic hydroxyl groups excluding tert-OH is 1. The van der Waals surface area contributed by atoms with Crippen molar-refractivity contribution in [3.63, 3.8) is 0 Å². The molecule has 0 aromatic heterocycles. The minimum atomic E-state index is -0.940. The first-order chi connectivity index (χ1) is 17.2. The van der Waals surface area contributed by atoms with Gasteiger partial charge in [0.2, 0.25) is 0 Å². The zero-order valence-electron chi connectivity index (χ0n) is 20.3. The Hall–Kier alpha value is -4.59. The van der Waals surface area contributed by atoms with Crippen LogP contribution in [-0.4, -0.2) is 37.0 Å². The molecule has 4 rings (SSSR count). The van der Waals surface area contributed by atoms with Gasteiger partial charge in [-0.25, -0.2) is 0 Å². The van der Waals surface area contributed by atoms with Gasteiger partial charge in [0.05, 0.1) is 25.8 Å². The lowest BCUT2D eigenvalue weighted by molar-refractivity contribution is -0.132. The number of carbonyl (C=O) groups is 3. The molecule has 1 amide bonds. The molecule has 8 nitrogen and oxygen atoms in total. The number of Topliss-reactive ketones (excluding diaryl/α,β-unsaturated/α-hetero) is 1. The summed E-state index contributed by atoms with van der Waals surface area (Å²) >= 11 is 0. The number of ether oxygens (including phenoxy) is 3. The van der Waals surface area contributed by atoms with E-state index in [2.05, 4.69) is 0 Å². The summed E-state index contributed by atoms with van der Waals surface area (Å²) in [6.07, 6.45) is 0. The summed E-state index contributed by atoms with van der Waals surface area (Å²) < 4.78 is 15.7. The number of ketones is 1. The summed E-state index contributed by atoms with van der Waals surface area (Å²) in [6, 6.07) is 17.3. The molecule has 0 spiro atoms. The quantitative estimate of drug-likeness (QED) is 0.179. The summed E-state index contributed by atoms with van der Waals surface area (Å²) in [5.74, 6) is -0.962. The third kappa shape index (κ3) is 4.53. The van der Waals surface area contributed by atoms with Crippen molar-refractivity contribution in [3.05, 3.63) is 89.0 Å². The first-order valence-electron chi connectivity index (χ1n) is 11.1. The molecule has 3 aromatic rings. The summed E-state index contributed by atoms with van der Waals surface area (Å²) in [7, 11) is 3.04. The van der Waals surface area contributed by atoms with Crippen molar-refractivity contribution in [1.82, 2.24) is 0 Å². The first-order valence-corrected chi connectivity index (χ1v) is 11.1. The van der Waals surface area contributed by atoms with Gasteiger partial charge in [-0.15, -0.1) is 0 Å². The molecule has 0 aliphatic carbocycles.